The Kier molecular flexibility index (Phi) is 7.19. The van der Waals surface area contributed by atoms with Crippen molar-refractivity contribution in [2.75, 3.05) is 19.6 Å². The fourth-order valence-electron chi connectivity index (χ4n) is 1.96. The highest BCUT2D eigenvalue weighted by Gasteiger charge is 2.00. The van der Waals surface area contributed by atoms with Gasteiger partial charge in [-0.1, -0.05) is 45.0 Å². The molecule has 0 atom stereocenters. The summed E-state index contributed by atoms with van der Waals surface area (Å²) >= 11 is 0. The van der Waals surface area contributed by atoms with Crippen LogP contribution in [0.25, 0.3) is 0 Å². The highest BCUT2D eigenvalue weighted by atomic mass is 16.1. The molecule has 0 radical (unpaired) electrons. The number of carbonyl (C=O) groups is 1. The maximum atomic E-state index is 11.4. The molecule has 0 aliphatic carbocycles. The highest BCUT2D eigenvalue weighted by Crippen LogP contribution is 2.09. The molecule has 0 bridgehead atoms. The Bertz CT molecular complexity index is 371. The third kappa shape index (κ3) is 6.97. The van der Waals surface area contributed by atoms with Crippen molar-refractivity contribution in [2.24, 2.45) is 5.92 Å². The number of hydrogen-bond donors (Lipinski definition) is 2. The van der Waals surface area contributed by atoms with E-state index >= 15 is 0 Å². The molecule has 0 unspecified atom stereocenters. The Balaban J connectivity index is 2.28. The van der Waals surface area contributed by atoms with E-state index in [0.717, 1.165) is 19.4 Å². The van der Waals surface area contributed by atoms with Gasteiger partial charge in [0.2, 0.25) is 5.91 Å². The number of carbonyl (C=O) groups excluding carboxylic acids is 1. The summed E-state index contributed by atoms with van der Waals surface area (Å²) in [6.07, 6.45) is 2.01. The van der Waals surface area contributed by atoms with Crippen molar-refractivity contribution >= 4 is 5.91 Å². The fraction of sp³-hybridized carbons (Fsp3) is 0.562. The molecule has 0 aliphatic rings. The van der Waals surface area contributed by atoms with Crippen molar-refractivity contribution in [1.29, 1.82) is 0 Å². The van der Waals surface area contributed by atoms with Gasteiger partial charge in [0.25, 0.3) is 0 Å². The lowest BCUT2D eigenvalue weighted by Crippen LogP contribution is -2.34. The zero-order chi connectivity index (χ0) is 14.1. The van der Waals surface area contributed by atoms with Crippen molar-refractivity contribution in [3.8, 4) is 0 Å². The maximum absolute atomic E-state index is 11.4. The van der Waals surface area contributed by atoms with Crippen LogP contribution in [-0.4, -0.2) is 25.5 Å². The van der Waals surface area contributed by atoms with Gasteiger partial charge in [-0.05, 0) is 36.4 Å². The SMILES string of the molecule is CCNCC(=O)NCCc1ccc(CC(C)C)cc1. The van der Waals surface area contributed by atoms with Gasteiger partial charge in [-0.15, -0.1) is 0 Å². The lowest BCUT2D eigenvalue weighted by atomic mass is 10.0. The normalized spacial score (nSPS) is 10.7. The minimum Gasteiger partial charge on any atom is -0.355 e. The summed E-state index contributed by atoms with van der Waals surface area (Å²) in [6, 6.07) is 8.70. The summed E-state index contributed by atoms with van der Waals surface area (Å²) in [6.45, 7) is 8.38. The van der Waals surface area contributed by atoms with Crippen molar-refractivity contribution in [1.82, 2.24) is 10.6 Å². The largest absolute Gasteiger partial charge is 0.355 e. The average Bonchev–Trinajstić information content (AvgIpc) is 2.38. The zero-order valence-electron chi connectivity index (χ0n) is 12.3. The van der Waals surface area contributed by atoms with Crippen LogP contribution in [0.3, 0.4) is 0 Å². The molecule has 0 saturated carbocycles. The second-order valence-corrected chi connectivity index (χ2v) is 5.29. The van der Waals surface area contributed by atoms with Crippen LogP contribution in [0.5, 0.6) is 0 Å². The Morgan fingerprint density at radius 3 is 2.37 bits per heavy atom. The van der Waals surface area contributed by atoms with Gasteiger partial charge in [0.15, 0.2) is 0 Å². The second-order valence-electron chi connectivity index (χ2n) is 5.29. The van der Waals surface area contributed by atoms with E-state index in [9.17, 15) is 4.79 Å². The molecule has 0 spiro atoms. The fourth-order valence-corrected chi connectivity index (χ4v) is 1.96. The van der Waals surface area contributed by atoms with E-state index in [1.807, 2.05) is 6.92 Å². The first-order valence-corrected chi connectivity index (χ1v) is 7.17. The van der Waals surface area contributed by atoms with E-state index in [1.165, 1.54) is 11.1 Å². The molecule has 1 aromatic rings. The van der Waals surface area contributed by atoms with Gasteiger partial charge in [0.05, 0.1) is 6.54 Å². The molecule has 106 valence electrons. The zero-order valence-corrected chi connectivity index (χ0v) is 12.3. The molecule has 0 heterocycles. The first kappa shape index (κ1) is 15.7. The Labute approximate surface area is 116 Å². The van der Waals surface area contributed by atoms with Gasteiger partial charge >= 0.3 is 0 Å². The monoisotopic (exact) mass is 262 g/mol. The Morgan fingerprint density at radius 1 is 1.16 bits per heavy atom. The third-order valence-electron chi connectivity index (χ3n) is 2.94. The smallest absolute Gasteiger partial charge is 0.233 e. The molecule has 1 aromatic carbocycles. The molecular weight excluding hydrogens is 236 g/mol. The molecule has 0 fully saturated rings. The predicted molar refractivity (Wildman–Crippen MR) is 80.2 cm³/mol. The summed E-state index contributed by atoms with van der Waals surface area (Å²) in [7, 11) is 0. The molecular formula is C16H26N2O. The third-order valence-corrected chi connectivity index (χ3v) is 2.94. The van der Waals surface area contributed by atoms with Crippen LogP contribution in [0.15, 0.2) is 24.3 Å². The quantitative estimate of drug-likeness (QED) is 0.754. The summed E-state index contributed by atoms with van der Waals surface area (Å²) < 4.78 is 0. The van der Waals surface area contributed by atoms with Crippen LogP contribution < -0.4 is 10.6 Å². The number of hydrogen-bond acceptors (Lipinski definition) is 2. The number of rotatable bonds is 8. The predicted octanol–water partition coefficient (Wildman–Crippen LogP) is 2.15. The highest BCUT2D eigenvalue weighted by molar-refractivity contribution is 5.77. The first-order valence-electron chi connectivity index (χ1n) is 7.17. The van der Waals surface area contributed by atoms with Crippen LogP contribution in [0.4, 0.5) is 0 Å². The summed E-state index contributed by atoms with van der Waals surface area (Å²) in [5, 5.41) is 5.92. The van der Waals surface area contributed by atoms with Gasteiger partial charge in [0.1, 0.15) is 0 Å². The average molecular weight is 262 g/mol. The van der Waals surface area contributed by atoms with Gasteiger partial charge in [-0.25, -0.2) is 0 Å². The number of amides is 1. The first-order chi connectivity index (χ1) is 9.11. The number of benzene rings is 1. The summed E-state index contributed by atoms with van der Waals surface area (Å²) in [5.41, 5.74) is 2.66. The Hall–Kier alpha value is -1.35. The molecule has 0 saturated heterocycles. The van der Waals surface area contributed by atoms with Crippen LogP contribution in [-0.2, 0) is 17.6 Å². The summed E-state index contributed by atoms with van der Waals surface area (Å²) in [4.78, 5) is 11.4. The lowest BCUT2D eigenvalue weighted by Gasteiger charge is -2.08. The van der Waals surface area contributed by atoms with Crippen LogP contribution in [0.1, 0.15) is 31.9 Å². The molecule has 0 aromatic heterocycles. The molecule has 2 N–H and O–H groups in total. The van der Waals surface area contributed by atoms with Gasteiger partial charge in [0, 0.05) is 6.54 Å². The van der Waals surface area contributed by atoms with Gasteiger partial charge in [-0.3, -0.25) is 4.79 Å². The van der Waals surface area contributed by atoms with E-state index in [0.29, 0.717) is 19.0 Å². The van der Waals surface area contributed by atoms with Crippen LogP contribution >= 0.6 is 0 Å². The van der Waals surface area contributed by atoms with Crippen molar-refractivity contribution in [3.05, 3.63) is 35.4 Å². The molecule has 1 rings (SSSR count). The standard InChI is InChI=1S/C16H26N2O/c1-4-17-12-16(19)18-10-9-14-5-7-15(8-6-14)11-13(2)3/h5-8,13,17H,4,9-12H2,1-3H3,(H,18,19). The Morgan fingerprint density at radius 2 is 1.79 bits per heavy atom. The van der Waals surface area contributed by atoms with Crippen molar-refractivity contribution in [3.63, 3.8) is 0 Å². The molecule has 0 aliphatic heterocycles. The summed E-state index contributed by atoms with van der Waals surface area (Å²) in [5.74, 6) is 0.759. The van der Waals surface area contributed by atoms with E-state index < -0.39 is 0 Å². The number of nitrogens with one attached hydrogen (secondary N) is 2. The van der Waals surface area contributed by atoms with Gasteiger partial charge in [-0.2, -0.15) is 0 Å². The lowest BCUT2D eigenvalue weighted by molar-refractivity contribution is -0.120. The minimum atomic E-state index is 0.0678. The topological polar surface area (TPSA) is 41.1 Å². The molecule has 1 amide bonds. The van der Waals surface area contributed by atoms with Gasteiger partial charge < -0.3 is 10.6 Å². The van der Waals surface area contributed by atoms with E-state index in [1.54, 1.807) is 0 Å². The minimum absolute atomic E-state index is 0.0678. The van der Waals surface area contributed by atoms with Crippen molar-refractivity contribution in [2.45, 2.75) is 33.6 Å². The second kappa shape index (κ2) is 8.70. The van der Waals surface area contributed by atoms with Crippen molar-refractivity contribution < 1.29 is 4.79 Å². The van der Waals surface area contributed by atoms with E-state index in [2.05, 4.69) is 48.7 Å². The van der Waals surface area contributed by atoms with Crippen LogP contribution in [0, 0.1) is 5.92 Å². The molecule has 19 heavy (non-hydrogen) atoms. The molecule has 3 heteroatoms. The van der Waals surface area contributed by atoms with Crippen LogP contribution in [0.2, 0.25) is 0 Å². The molecule has 3 nitrogen and oxygen atoms in total. The maximum Gasteiger partial charge on any atom is 0.233 e. The van der Waals surface area contributed by atoms with E-state index in [4.69, 9.17) is 0 Å². The number of likely N-dealkylation sites (N-methyl/N-ethyl adjacent to an activating group) is 1. The van der Waals surface area contributed by atoms with E-state index in [-0.39, 0.29) is 5.91 Å².